The highest BCUT2D eigenvalue weighted by molar-refractivity contribution is 7.13. The van der Waals surface area contributed by atoms with Gasteiger partial charge in [-0.05, 0) is 52.6 Å². The maximum absolute atomic E-state index is 5.06. The molecule has 0 spiro atoms. The van der Waals surface area contributed by atoms with E-state index in [2.05, 4.69) is 146 Å². The Bertz CT molecular complexity index is 2330. The van der Waals surface area contributed by atoms with Crippen molar-refractivity contribution in [1.82, 2.24) is 19.9 Å². The van der Waals surface area contributed by atoms with Crippen LogP contribution in [0.3, 0.4) is 0 Å². The lowest BCUT2D eigenvalue weighted by Gasteiger charge is -2.26. The SMILES string of the molecule is CC(C)(c1ccc(-c2cc(-c3cccs3)nc(C3=CC=CC=CC3)n2)cc1)c1ccc(-c2cc(-c3cccs3)nc(-c3ccccc3)n2)cc1. The molecule has 0 amide bonds. The van der Waals surface area contributed by atoms with Crippen molar-refractivity contribution in [3.63, 3.8) is 0 Å². The molecular formula is C44H34N4S2. The number of nitrogens with zero attached hydrogens (tertiary/aromatic N) is 4. The molecule has 0 saturated carbocycles. The molecule has 0 saturated heterocycles. The van der Waals surface area contributed by atoms with Crippen LogP contribution in [0.5, 0.6) is 0 Å². The van der Waals surface area contributed by atoms with Crippen LogP contribution >= 0.6 is 22.7 Å². The number of hydrogen-bond acceptors (Lipinski definition) is 6. The molecule has 0 bridgehead atoms. The predicted octanol–water partition coefficient (Wildman–Crippen LogP) is 11.9. The van der Waals surface area contributed by atoms with E-state index in [1.165, 1.54) is 11.1 Å². The van der Waals surface area contributed by atoms with Crippen LogP contribution in [-0.2, 0) is 5.41 Å². The van der Waals surface area contributed by atoms with Crippen molar-refractivity contribution in [2.75, 3.05) is 0 Å². The fraction of sp³-hybridized carbons (Fsp3) is 0.0909. The Labute approximate surface area is 301 Å². The molecule has 4 heterocycles. The second-order valence-corrected chi connectivity index (χ2v) is 14.6. The first kappa shape index (κ1) is 31.7. The monoisotopic (exact) mass is 682 g/mol. The number of rotatable bonds is 8. The summed E-state index contributed by atoms with van der Waals surface area (Å²) in [5, 5.41) is 4.18. The topological polar surface area (TPSA) is 51.6 Å². The number of benzene rings is 3. The highest BCUT2D eigenvalue weighted by Crippen LogP contribution is 2.36. The first-order chi connectivity index (χ1) is 24.5. The van der Waals surface area contributed by atoms with E-state index >= 15 is 0 Å². The molecule has 3 aromatic carbocycles. The van der Waals surface area contributed by atoms with Gasteiger partial charge >= 0.3 is 0 Å². The number of allylic oxidation sites excluding steroid dienone is 6. The molecule has 6 heteroatoms. The van der Waals surface area contributed by atoms with E-state index in [0.29, 0.717) is 0 Å². The molecule has 4 nitrogen and oxygen atoms in total. The van der Waals surface area contributed by atoms with Crippen LogP contribution in [0.1, 0.15) is 37.2 Å². The molecule has 0 atom stereocenters. The Hall–Kier alpha value is -5.56. The van der Waals surface area contributed by atoms with Crippen molar-refractivity contribution in [1.29, 1.82) is 0 Å². The van der Waals surface area contributed by atoms with Gasteiger partial charge in [0.2, 0.25) is 0 Å². The lowest BCUT2D eigenvalue weighted by atomic mass is 9.77. The largest absolute Gasteiger partial charge is 0.228 e. The van der Waals surface area contributed by atoms with Gasteiger partial charge in [-0.15, -0.1) is 22.7 Å². The van der Waals surface area contributed by atoms with Gasteiger partial charge in [-0.1, -0.05) is 135 Å². The molecule has 8 rings (SSSR count). The molecule has 0 aliphatic heterocycles. The summed E-state index contributed by atoms with van der Waals surface area (Å²) in [5.74, 6) is 1.50. The minimum Gasteiger partial charge on any atom is -0.228 e. The molecule has 7 aromatic rings. The lowest BCUT2D eigenvalue weighted by Crippen LogP contribution is -2.18. The third-order valence-corrected chi connectivity index (χ3v) is 10.9. The minimum atomic E-state index is -0.219. The van der Waals surface area contributed by atoms with E-state index in [1.807, 2.05) is 24.3 Å². The predicted molar refractivity (Wildman–Crippen MR) is 210 cm³/mol. The molecule has 0 fully saturated rings. The third kappa shape index (κ3) is 6.56. The zero-order valence-corrected chi connectivity index (χ0v) is 29.5. The van der Waals surface area contributed by atoms with E-state index in [1.54, 1.807) is 22.7 Å². The molecule has 242 valence electrons. The average Bonchev–Trinajstić information content (AvgIpc) is 3.86. The summed E-state index contributed by atoms with van der Waals surface area (Å²) in [4.78, 5) is 22.3. The Kier molecular flexibility index (Phi) is 8.71. The van der Waals surface area contributed by atoms with E-state index in [4.69, 9.17) is 19.9 Å². The fourth-order valence-electron chi connectivity index (χ4n) is 6.18. The van der Waals surface area contributed by atoms with Crippen LogP contribution in [0.15, 0.2) is 156 Å². The van der Waals surface area contributed by atoms with E-state index < -0.39 is 0 Å². The molecule has 0 N–H and O–H groups in total. The van der Waals surface area contributed by atoms with Crippen molar-refractivity contribution in [2.45, 2.75) is 25.7 Å². The number of hydrogen-bond donors (Lipinski definition) is 0. The van der Waals surface area contributed by atoms with Crippen LogP contribution in [-0.4, -0.2) is 19.9 Å². The normalized spacial score (nSPS) is 12.9. The zero-order valence-electron chi connectivity index (χ0n) is 27.8. The van der Waals surface area contributed by atoms with Gasteiger partial charge in [0.15, 0.2) is 11.6 Å². The fourth-order valence-corrected chi connectivity index (χ4v) is 7.55. The van der Waals surface area contributed by atoms with Crippen LogP contribution in [0.2, 0.25) is 0 Å². The van der Waals surface area contributed by atoms with Crippen molar-refractivity contribution < 1.29 is 0 Å². The van der Waals surface area contributed by atoms with Crippen LogP contribution < -0.4 is 0 Å². The van der Waals surface area contributed by atoms with E-state index in [-0.39, 0.29) is 5.41 Å². The van der Waals surface area contributed by atoms with Crippen LogP contribution in [0.4, 0.5) is 0 Å². The summed E-state index contributed by atoms with van der Waals surface area (Å²) in [6.45, 7) is 4.56. The zero-order chi connectivity index (χ0) is 33.9. The summed E-state index contributed by atoms with van der Waals surface area (Å²) >= 11 is 3.39. The van der Waals surface area contributed by atoms with Gasteiger partial charge in [-0.3, -0.25) is 0 Å². The van der Waals surface area contributed by atoms with Crippen molar-refractivity contribution in [2.24, 2.45) is 0 Å². The maximum atomic E-state index is 5.06. The minimum absolute atomic E-state index is 0.219. The molecular weight excluding hydrogens is 649 g/mol. The van der Waals surface area contributed by atoms with Crippen LogP contribution in [0, 0.1) is 0 Å². The first-order valence-electron chi connectivity index (χ1n) is 16.7. The maximum Gasteiger partial charge on any atom is 0.160 e. The van der Waals surface area contributed by atoms with Gasteiger partial charge in [0.1, 0.15) is 0 Å². The second-order valence-electron chi connectivity index (χ2n) is 12.7. The van der Waals surface area contributed by atoms with Crippen molar-refractivity contribution in [3.05, 3.63) is 173 Å². The summed E-state index contributed by atoms with van der Waals surface area (Å²) < 4.78 is 0. The molecule has 0 radical (unpaired) electrons. The Morgan fingerprint density at radius 1 is 0.500 bits per heavy atom. The summed E-state index contributed by atoms with van der Waals surface area (Å²) in [5.41, 5.74) is 10.2. The van der Waals surface area contributed by atoms with Gasteiger partial charge in [0, 0.05) is 27.7 Å². The second kappa shape index (κ2) is 13.7. The third-order valence-electron chi connectivity index (χ3n) is 9.12. The highest BCUT2D eigenvalue weighted by atomic mass is 32.1. The van der Waals surface area contributed by atoms with E-state index in [0.717, 1.165) is 72.9 Å². The quantitative estimate of drug-likeness (QED) is 0.160. The van der Waals surface area contributed by atoms with Crippen molar-refractivity contribution in [3.8, 4) is 55.0 Å². The molecule has 1 aliphatic carbocycles. The smallest absolute Gasteiger partial charge is 0.160 e. The van der Waals surface area contributed by atoms with Gasteiger partial charge in [-0.25, -0.2) is 19.9 Å². The highest BCUT2D eigenvalue weighted by Gasteiger charge is 2.24. The average molecular weight is 683 g/mol. The van der Waals surface area contributed by atoms with Gasteiger partial charge < -0.3 is 0 Å². The lowest BCUT2D eigenvalue weighted by molar-refractivity contribution is 0.641. The molecule has 50 heavy (non-hydrogen) atoms. The molecule has 4 aromatic heterocycles. The molecule has 0 unspecified atom stereocenters. The van der Waals surface area contributed by atoms with Gasteiger partial charge in [0.25, 0.3) is 0 Å². The summed E-state index contributed by atoms with van der Waals surface area (Å²) in [6.07, 6.45) is 11.2. The Morgan fingerprint density at radius 3 is 1.60 bits per heavy atom. The standard InChI is InChI=1S/C44H34N4S2/c1-44(2,35-24-20-31(21-25-35)37-29-39(41-17-11-27-50-41)48-43(46-37)33-14-8-5-9-15-33)34-22-18-30(19-23-34)36-28-38(40-16-10-26-49-40)47-42(45-36)32-12-6-3-4-7-13-32/h3-12,14-29H,13H2,1-2H3. The molecule has 1 aliphatic rings. The van der Waals surface area contributed by atoms with Crippen LogP contribution in [0.25, 0.3) is 60.6 Å². The van der Waals surface area contributed by atoms with E-state index in [9.17, 15) is 0 Å². The Morgan fingerprint density at radius 2 is 1.04 bits per heavy atom. The number of aromatic nitrogens is 4. The Balaban J connectivity index is 1.09. The van der Waals surface area contributed by atoms with Gasteiger partial charge in [-0.2, -0.15) is 0 Å². The number of thiophene rings is 2. The summed E-state index contributed by atoms with van der Waals surface area (Å²) in [7, 11) is 0. The van der Waals surface area contributed by atoms with Gasteiger partial charge in [0.05, 0.1) is 32.5 Å². The van der Waals surface area contributed by atoms with Crippen molar-refractivity contribution >= 4 is 28.2 Å². The summed E-state index contributed by atoms with van der Waals surface area (Å²) in [6, 6.07) is 40.4. The first-order valence-corrected chi connectivity index (χ1v) is 18.4.